The van der Waals surface area contributed by atoms with Gasteiger partial charge in [0, 0.05) is 0 Å². The van der Waals surface area contributed by atoms with Crippen LogP contribution in [0.2, 0.25) is 0 Å². The van der Waals surface area contributed by atoms with E-state index in [-0.39, 0.29) is 11.5 Å². The predicted octanol–water partition coefficient (Wildman–Crippen LogP) is 1.69. The molecule has 0 fully saturated rings. The van der Waals surface area contributed by atoms with Crippen molar-refractivity contribution in [3.05, 3.63) is 23.8 Å². The van der Waals surface area contributed by atoms with Crippen molar-refractivity contribution in [2.24, 2.45) is 10.8 Å². The van der Waals surface area contributed by atoms with E-state index in [1.807, 2.05) is 5.43 Å². The molecular formula is C11H13F2N3O3. The second-order valence-electron chi connectivity index (χ2n) is 3.25. The number of alkyl halides is 2. The van der Waals surface area contributed by atoms with Crippen LogP contribution in [0.5, 0.6) is 11.5 Å². The number of rotatable bonds is 6. The summed E-state index contributed by atoms with van der Waals surface area (Å²) >= 11 is 0. The Morgan fingerprint density at radius 1 is 1.53 bits per heavy atom. The first kappa shape index (κ1) is 14.7. The van der Waals surface area contributed by atoms with Gasteiger partial charge in [0.25, 0.3) is 0 Å². The number of hydrogen-bond donors (Lipinski definition) is 2. The standard InChI is InChI=1S/C11H13F2N3O3/c1-2-18-9-5-7(6-15-16-11(14)17)3-4-8(9)19-10(12)13/h3-6,10H,2H2,1H3,(H3,14,16,17)/b15-6+. The van der Waals surface area contributed by atoms with Gasteiger partial charge in [-0.05, 0) is 30.7 Å². The Kier molecular flexibility index (Phi) is 5.52. The lowest BCUT2D eigenvalue weighted by Gasteiger charge is -2.11. The summed E-state index contributed by atoms with van der Waals surface area (Å²) in [6.45, 7) is -0.934. The highest BCUT2D eigenvalue weighted by atomic mass is 19.3. The van der Waals surface area contributed by atoms with Crippen LogP contribution >= 0.6 is 0 Å². The molecular weight excluding hydrogens is 260 g/mol. The third-order valence-electron chi connectivity index (χ3n) is 1.87. The summed E-state index contributed by atoms with van der Waals surface area (Å²) < 4.78 is 33.8. The minimum absolute atomic E-state index is 0.0724. The van der Waals surface area contributed by atoms with Crippen molar-refractivity contribution in [2.75, 3.05) is 6.61 Å². The van der Waals surface area contributed by atoms with E-state index >= 15 is 0 Å². The first-order valence-corrected chi connectivity index (χ1v) is 5.33. The predicted molar refractivity (Wildman–Crippen MR) is 64.6 cm³/mol. The van der Waals surface area contributed by atoms with E-state index in [2.05, 4.69) is 9.84 Å². The van der Waals surface area contributed by atoms with Crippen molar-refractivity contribution in [3.63, 3.8) is 0 Å². The van der Waals surface area contributed by atoms with Gasteiger partial charge in [0.1, 0.15) is 0 Å². The number of nitrogens with zero attached hydrogens (tertiary/aromatic N) is 1. The first-order chi connectivity index (χ1) is 9.02. The van der Waals surface area contributed by atoms with Gasteiger partial charge in [-0.25, -0.2) is 10.2 Å². The minimum Gasteiger partial charge on any atom is -0.490 e. The van der Waals surface area contributed by atoms with E-state index in [0.717, 1.165) is 0 Å². The van der Waals surface area contributed by atoms with Crippen LogP contribution in [0.3, 0.4) is 0 Å². The van der Waals surface area contributed by atoms with E-state index in [1.54, 1.807) is 6.92 Å². The van der Waals surface area contributed by atoms with Crippen LogP contribution in [-0.2, 0) is 0 Å². The molecule has 0 aliphatic rings. The number of halogens is 2. The monoisotopic (exact) mass is 273 g/mol. The molecule has 3 N–H and O–H groups in total. The Balaban J connectivity index is 2.88. The molecule has 0 bridgehead atoms. The number of urea groups is 1. The van der Waals surface area contributed by atoms with Gasteiger partial charge in [-0.2, -0.15) is 13.9 Å². The number of primary amides is 1. The van der Waals surface area contributed by atoms with Crippen LogP contribution in [-0.4, -0.2) is 25.5 Å². The number of nitrogens with two attached hydrogens (primary N) is 1. The van der Waals surface area contributed by atoms with Crippen molar-refractivity contribution in [2.45, 2.75) is 13.5 Å². The number of hydrogen-bond acceptors (Lipinski definition) is 4. The maximum Gasteiger partial charge on any atom is 0.387 e. The minimum atomic E-state index is -2.93. The lowest BCUT2D eigenvalue weighted by Crippen LogP contribution is -2.24. The third-order valence-corrected chi connectivity index (χ3v) is 1.87. The van der Waals surface area contributed by atoms with Gasteiger partial charge in [-0.1, -0.05) is 0 Å². The van der Waals surface area contributed by atoms with Gasteiger partial charge in [-0.3, -0.25) is 0 Å². The summed E-state index contributed by atoms with van der Waals surface area (Å²) in [7, 11) is 0. The summed E-state index contributed by atoms with van der Waals surface area (Å²) in [4.78, 5) is 10.4. The number of nitrogens with one attached hydrogen (secondary N) is 1. The van der Waals surface area contributed by atoms with Crippen molar-refractivity contribution < 1.29 is 23.0 Å². The van der Waals surface area contributed by atoms with Crippen molar-refractivity contribution in [1.29, 1.82) is 0 Å². The Bertz CT molecular complexity index is 466. The van der Waals surface area contributed by atoms with Gasteiger partial charge in [0.2, 0.25) is 0 Å². The fraction of sp³-hybridized carbons (Fsp3) is 0.273. The molecule has 0 spiro atoms. The van der Waals surface area contributed by atoms with Gasteiger partial charge < -0.3 is 15.2 Å². The van der Waals surface area contributed by atoms with Crippen molar-refractivity contribution in [1.82, 2.24) is 5.43 Å². The number of carbonyl (C=O) groups is 1. The highest BCUT2D eigenvalue weighted by Gasteiger charge is 2.10. The highest BCUT2D eigenvalue weighted by Crippen LogP contribution is 2.29. The number of benzene rings is 1. The molecule has 0 atom stereocenters. The SMILES string of the molecule is CCOc1cc(/C=N/NC(N)=O)ccc1OC(F)F. The smallest absolute Gasteiger partial charge is 0.387 e. The molecule has 0 aromatic heterocycles. The average Bonchev–Trinajstić information content (AvgIpc) is 2.31. The third kappa shape index (κ3) is 5.19. The topological polar surface area (TPSA) is 85.9 Å². The molecule has 0 aliphatic heterocycles. The summed E-state index contributed by atoms with van der Waals surface area (Å²) in [6, 6.07) is 3.45. The van der Waals surface area contributed by atoms with E-state index in [0.29, 0.717) is 12.2 Å². The van der Waals surface area contributed by atoms with Gasteiger partial charge in [0.05, 0.1) is 12.8 Å². The highest BCUT2D eigenvalue weighted by molar-refractivity contribution is 5.82. The van der Waals surface area contributed by atoms with Gasteiger partial charge in [0.15, 0.2) is 11.5 Å². The largest absolute Gasteiger partial charge is 0.490 e. The molecule has 0 aliphatic carbocycles. The summed E-state index contributed by atoms with van der Waals surface area (Å²) in [6.07, 6.45) is 1.29. The van der Waals surface area contributed by atoms with Crippen LogP contribution in [0.25, 0.3) is 0 Å². The quantitative estimate of drug-likeness (QED) is 0.611. The van der Waals surface area contributed by atoms with E-state index in [9.17, 15) is 13.6 Å². The second kappa shape index (κ2) is 7.14. The number of amides is 2. The molecule has 1 aromatic rings. The molecule has 1 rings (SSSR count). The molecule has 2 amide bonds. The van der Waals surface area contributed by atoms with Crippen LogP contribution in [0.4, 0.5) is 13.6 Å². The molecule has 0 saturated heterocycles. The van der Waals surface area contributed by atoms with Crippen molar-refractivity contribution in [3.8, 4) is 11.5 Å². The zero-order valence-corrected chi connectivity index (χ0v) is 10.1. The molecule has 0 radical (unpaired) electrons. The van der Waals surface area contributed by atoms with Crippen LogP contribution in [0.15, 0.2) is 23.3 Å². The zero-order valence-electron chi connectivity index (χ0n) is 10.1. The fourth-order valence-electron chi connectivity index (χ4n) is 1.24. The molecule has 8 heteroatoms. The molecule has 19 heavy (non-hydrogen) atoms. The van der Waals surface area contributed by atoms with Crippen molar-refractivity contribution >= 4 is 12.2 Å². The molecule has 6 nitrogen and oxygen atoms in total. The van der Waals surface area contributed by atoms with E-state index in [4.69, 9.17) is 10.5 Å². The van der Waals surface area contributed by atoms with E-state index < -0.39 is 12.6 Å². The molecule has 0 heterocycles. The van der Waals surface area contributed by atoms with Crippen LogP contribution in [0.1, 0.15) is 12.5 Å². The first-order valence-electron chi connectivity index (χ1n) is 5.33. The maximum absolute atomic E-state index is 12.2. The number of carbonyl (C=O) groups excluding carboxylic acids is 1. The fourth-order valence-corrected chi connectivity index (χ4v) is 1.24. The maximum atomic E-state index is 12.2. The number of ether oxygens (including phenoxy) is 2. The van der Waals surface area contributed by atoms with E-state index in [1.165, 1.54) is 24.4 Å². The summed E-state index contributed by atoms with van der Waals surface area (Å²) in [5, 5.41) is 3.54. The van der Waals surface area contributed by atoms with Crippen LogP contribution in [0, 0.1) is 0 Å². The summed E-state index contributed by atoms with van der Waals surface area (Å²) in [5.74, 6) is 0.0858. The lowest BCUT2D eigenvalue weighted by molar-refractivity contribution is -0.0514. The normalized spacial score (nSPS) is 10.7. The second-order valence-corrected chi connectivity index (χ2v) is 3.25. The van der Waals surface area contributed by atoms with Gasteiger partial charge >= 0.3 is 12.6 Å². The molecule has 0 unspecified atom stereocenters. The van der Waals surface area contributed by atoms with Crippen LogP contribution < -0.4 is 20.6 Å². The average molecular weight is 273 g/mol. The molecule has 104 valence electrons. The Morgan fingerprint density at radius 3 is 2.84 bits per heavy atom. The Morgan fingerprint density at radius 2 is 2.26 bits per heavy atom. The Labute approximate surface area is 108 Å². The molecule has 1 aromatic carbocycles. The summed E-state index contributed by atoms with van der Waals surface area (Å²) in [5.41, 5.74) is 7.36. The van der Waals surface area contributed by atoms with Gasteiger partial charge in [-0.15, -0.1) is 0 Å². The molecule has 0 saturated carbocycles. The zero-order chi connectivity index (χ0) is 14.3. The Hall–Kier alpha value is -2.38. The number of hydrazone groups is 1. The lowest BCUT2D eigenvalue weighted by atomic mass is 10.2.